The lowest BCUT2D eigenvalue weighted by Crippen LogP contribution is -2.31. The molecule has 1 spiro atoms. The number of carbonyl (C=O) groups excluding carboxylic acids is 2. The average molecular weight is 303 g/mol. The van der Waals surface area contributed by atoms with E-state index < -0.39 is 5.41 Å². The molecule has 3 aliphatic rings. The quantitative estimate of drug-likeness (QED) is 0.859. The molecule has 0 aliphatic heterocycles. The molecule has 1 aromatic rings. The molecule has 0 aromatic heterocycles. The predicted octanol–water partition coefficient (Wildman–Crippen LogP) is 3.77. The van der Waals surface area contributed by atoms with E-state index in [9.17, 15) is 14.7 Å². The van der Waals surface area contributed by atoms with E-state index in [4.69, 9.17) is 11.6 Å². The molecule has 0 saturated heterocycles. The minimum absolute atomic E-state index is 0.00523. The first-order chi connectivity index (χ1) is 10.0. The molecule has 3 nitrogen and oxygen atoms in total. The smallest absolute Gasteiger partial charge is 0.175 e. The monoisotopic (exact) mass is 302 g/mol. The molecule has 3 aliphatic carbocycles. The number of fused-ring (bicyclic) bond motifs is 3. The molecule has 0 amide bonds. The van der Waals surface area contributed by atoms with Gasteiger partial charge in [0, 0.05) is 11.5 Å². The van der Waals surface area contributed by atoms with Crippen molar-refractivity contribution in [2.75, 3.05) is 0 Å². The van der Waals surface area contributed by atoms with Crippen LogP contribution in [0, 0.1) is 11.3 Å². The van der Waals surface area contributed by atoms with Crippen LogP contribution in [0.4, 0.5) is 0 Å². The van der Waals surface area contributed by atoms with E-state index in [2.05, 4.69) is 0 Å². The Bertz CT molecular complexity index is 747. The summed E-state index contributed by atoms with van der Waals surface area (Å²) in [4.78, 5) is 25.6. The summed E-state index contributed by atoms with van der Waals surface area (Å²) < 4.78 is 0. The van der Waals surface area contributed by atoms with Gasteiger partial charge >= 0.3 is 0 Å². The summed E-state index contributed by atoms with van der Waals surface area (Å²) in [6.45, 7) is 1.96. The molecular weight excluding hydrogens is 288 g/mol. The van der Waals surface area contributed by atoms with Gasteiger partial charge in [0.15, 0.2) is 11.6 Å². The van der Waals surface area contributed by atoms with Crippen LogP contribution in [-0.4, -0.2) is 16.7 Å². The minimum atomic E-state index is -0.566. The molecule has 21 heavy (non-hydrogen) atoms. The molecule has 1 saturated carbocycles. The molecule has 1 N–H and O–H groups in total. The van der Waals surface area contributed by atoms with Gasteiger partial charge in [-0.15, -0.1) is 0 Å². The number of benzene rings is 1. The van der Waals surface area contributed by atoms with Crippen LogP contribution in [-0.2, 0) is 4.79 Å². The number of rotatable bonds is 1. The van der Waals surface area contributed by atoms with Gasteiger partial charge in [0.1, 0.15) is 5.75 Å². The number of Topliss-reactive ketones (excluding diaryl/α,β-unsaturated/α-hetero) is 2. The van der Waals surface area contributed by atoms with Crippen molar-refractivity contribution in [2.45, 2.75) is 32.6 Å². The fraction of sp³-hybridized carbons (Fsp3) is 0.412. The molecule has 0 radical (unpaired) electrons. The molecule has 2 bridgehead atoms. The van der Waals surface area contributed by atoms with Gasteiger partial charge in [-0.25, -0.2) is 0 Å². The third-order valence-electron chi connectivity index (χ3n) is 5.37. The first-order valence-corrected chi connectivity index (χ1v) is 7.73. The second-order valence-electron chi connectivity index (χ2n) is 6.24. The van der Waals surface area contributed by atoms with Crippen LogP contribution in [0.15, 0.2) is 17.7 Å². The third kappa shape index (κ3) is 1.35. The summed E-state index contributed by atoms with van der Waals surface area (Å²) in [6.07, 6.45) is 2.73. The standard InChI is InChI=1S/C17H15ClO3/c1-2-9-13-10-3-4-11(19)14(18)12(10)16(21)17(13)6-5-8(7-17)15(9)20/h3-4,8,19H,2,5-7H2,1H3/t8-,17-/m0/s1. The van der Waals surface area contributed by atoms with Crippen molar-refractivity contribution in [3.8, 4) is 5.75 Å². The Kier molecular flexibility index (Phi) is 2.48. The Hall–Kier alpha value is -1.61. The summed E-state index contributed by atoms with van der Waals surface area (Å²) in [7, 11) is 0. The second-order valence-corrected chi connectivity index (χ2v) is 6.62. The highest BCUT2D eigenvalue weighted by molar-refractivity contribution is 6.38. The van der Waals surface area contributed by atoms with E-state index in [1.165, 1.54) is 6.07 Å². The van der Waals surface area contributed by atoms with Crippen molar-refractivity contribution in [2.24, 2.45) is 11.3 Å². The molecular formula is C17H15ClO3. The van der Waals surface area contributed by atoms with E-state index in [-0.39, 0.29) is 28.3 Å². The Morgan fingerprint density at radius 3 is 2.86 bits per heavy atom. The Morgan fingerprint density at radius 1 is 1.38 bits per heavy atom. The zero-order chi connectivity index (χ0) is 14.9. The fourth-order valence-electron chi connectivity index (χ4n) is 4.48. The van der Waals surface area contributed by atoms with Crippen LogP contribution in [0.25, 0.3) is 5.57 Å². The van der Waals surface area contributed by atoms with E-state index in [0.717, 1.165) is 23.1 Å². The number of phenols is 1. The van der Waals surface area contributed by atoms with E-state index >= 15 is 0 Å². The van der Waals surface area contributed by atoms with Crippen LogP contribution < -0.4 is 0 Å². The van der Waals surface area contributed by atoms with Gasteiger partial charge in [-0.1, -0.05) is 24.6 Å². The fourth-order valence-corrected chi connectivity index (χ4v) is 4.73. The Labute approximate surface area is 127 Å². The molecule has 0 unspecified atom stereocenters. The number of hydrogen-bond acceptors (Lipinski definition) is 3. The van der Waals surface area contributed by atoms with Crippen molar-refractivity contribution in [3.05, 3.63) is 33.9 Å². The number of carbonyl (C=O) groups is 2. The van der Waals surface area contributed by atoms with Crippen LogP contribution in [0.3, 0.4) is 0 Å². The Balaban J connectivity index is 2.11. The van der Waals surface area contributed by atoms with Gasteiger partial charge in [-0.05, 0) is 48.5 Å². The van der Waals surface area contributed by atoms with Crippen molar-refractivity contribution in [3.63, 3.8) is 0 Å². The molecule has 4 heteroatoms. The van der Waals surface area contributed by atoms with Gasteiger partial charge in [-0.2, -0.15) is 0 Å². The number of ketones is 2. The number of aromatic hydroxyl groups is 1. The van der Waals surface area contributed by atoms with Crippen molar-refractivity contribution < 1.29 is 14.7 Å². The van der Waals surface area contributed by atoms with Gasteiger partial charge in [0.2, 0.25) is 0 Å². The van der Waals surface area contributed by atoms with Crippen LogP contribution in [0.1, 0.15) is 48.5 Å². The van der Waals surface area contributed by atoms with Gasteiger partial charge in [0.25, 0.3) is 0 Å². The number of phenolic OH excluding ortho intramolecular Hbond substituents is 1. The van der Waals surface area contributed by atoms with E-state index in [1.807, 2.05) is 6.92 Å². The van der Waals surface area contributed by atoms with Gasteiger partial charge < -0.3 is 5.11 Å². The first kappa shape index (κ1) is 13.1. The summed E-state index contributed by atoms with van der Waals surface area (Å²) in [6, 6.07) is 3.25. The lowest BCUT2D eigenvalue weighted by Gasteiger charge is -2.30. The highest BCUT2D eigenvalue weighted by Gasteiger charge is 2.59. The summed E-state index contributed by atoms with van der Waals surface area (Å²) in [5.41, 5.74) is 2.29. The maximum absolute atomic E-state index is 13.0. The lowest BCUT2D eigenvalue weighted by molar-refractivity contribution is -0.119. The SMILES string of the molecule is CCC1=C2c3ccc(O)c(Cl)c3C(=O)[C@]23CC[C@@H](C3)C1=O. The van der Waals surface area contributed by atoms with Crippen LogP contribution in [0.5, 0.6) is 5.75 Å². The number of halogens is 1. The van der Waals surface area contributed by atoms with Gasteiger partial charge in [-0.3, -0.25) is 9.59 Å². The van der Waals surface area contributed by atoms with Crippen molar-refractivity contribution >= 4 is 28.7 Å². The van der Waals surface area contributed by atoms with E-state index in [1.54, 1.807) is 6.07 Å². The lowest BCUT2D eigenvalue weighted by atomic mass is 9.70. The largest absolute Gasteiger partial charge is 0.506 e. The average Bonchev–Trinajstić information content (AvgIpc) is 2.98. The Morgan fingerprint density at radius 2 is 2.14 bits per heavy atom. The first-order valence-electron chi connectivity index (χ1n) is 7.35. The third-order valence-corrected chi connectivity index (χ3v) is 5.75. The molecule has 0 heterocycles. The zero-order valence-corrected chi connectivity index (χ0v) is 12.5. The normalized spacial score (nSPS) is 29.9. The van der Waals surface area contributed by atoms with Crippen molar-refractivity contribution in [1.29, 1.82) is 0 Å². The minimum Gasteiger partial charge on any atom is -0.506 e. The molecule has 108 valence electrons. The molecule has 4 rings (SSSR count). The number of allylic oxidation sites excluding steroid dienone is 2. The topological polar surface area (TPSA) is 54.4 Å². The second kappa shape index (κ2) is 3.98. The van der Waals surface area contributed by atoms with Gasteiger partial charge in [0.05, 0.1) is 10.4 Å². The summed E-state index contributed by atoms with van der Waals surface area (Å²) in [5, 5.41) is 9.93. The zero-order valence-electron chi connectivity index (χ0n) is 11.7. The highest BCUT2D eigenvalue weighted by atomic mass is 35.5. The van der Waals surface area contributed by atoms with Crippen LogP contribution in [0.2, 0.25) is 5.02 Å². The molecule has 1 fully saturated rings. The van der Waals surface area contributed by atoms with Crippen LogP contribution >= 0.6 is 11.6 Å². The predicted molar refractivity (Wildman–Crippen MR) is 79.4 cm³/mol. The summed E-state index contributed by atoms with van der Waals surface area (Å²) in [5.74, 6) is 0.104. The molecule has 2 atom stereocenters. The summed E-state index contributed by atoms with van der Waals surface area (Å²) >= 11 is 6.18. The maximum Gasteiger partial charge on any atom is 0.175 e. The number of hydrogen-bond donors (Lipinski definition) is 1. The van der Waals surface area contributed by atoms with E-state index in [0.29, 0.717) is 24.8 Å². The molecule has 1 aromatic carbocycles. The highest BCUT2D eigenvalue weighted by Crippen LogP contribution is 2.63. The van der Waals surface area contributed by atoms with Crippen molar-refractivity contribution in [1.82, 2.24) is 0 Å². The maximum atomic E-state index is 13.0.